The normalized spacial score (nSPS) is 18.2. The lowest BCUT2D eigenvalue weighted by atomic mass is 10.0. The molecular weight excluding hydrogens is 210 g/mol. The molecule has 2 heterocycles. The van der Waals surface area contributed by atoms with Crippen LogP contribution in [0.1, 0.15) is 43.5 Å². The molecule has 2 rings (SSSR count). The van der Waals surface area contributed by atoms with Crippen LogP contribution in [0.4, 0.5) is 5.82 Å². The standard InChI is InChI=1S/C14H19N3/c1-10-8-11(2)16-13(12(10)9-15)17-7-5-6-14(17,3)4/h8H,5-7H2,1-4H3. The Morgan fingerprint density at radius 1 is 1.41 bits per heavy atom. The fourth-order valence-electron chi connectivity index (χ4n) is 2.65. The molecule has 0 saturated carbocycles. The van der Waals surface area contributed by atoms with Crippen molar-refractivity contribution in [1.82, 2.24) is 4.98 Å². The Labute approximate surface area is 103 Å². The monoisotopic (exact) mass is 229 g/mol. The number of hydrogen-bond donors (Lipinski definition) is 0. The van der Waals surface area contributed by atoms with Gasteiger partial charge in [0.05, 0.1) is 5.56 Å². The number of rotatable bonds is 1. The number of nitrogens with zero attached hydrogens (tertiary/aromatic N) is 3. The summed E-state index contributed by atoms with van der Waals surface area (Å²) in [4.78, 5) is 6.87. The van der Waals surface area contributed by atoms with Gasteiger partial charge in [0.2, 0.25) is 0 Å². The molecule has 0 unspecified atom stereocenters. The topological polar surface area (TPSA) is 39.9 Å². The Balaban J connectivity index is 2.56. The lowest BCUT2D eigenvalue weighted by molar-refractivity contribution is 0.513. The summed E-state index contributed by atoms with van der Waals surface area (Å²) in [6, 6.07) is 4.28. The van der Waals surface area contributed by atoms with Crippen LogP contribution in [0.3, 0.4) is 0 Å². The molecule has 3 heteroatoms. The van der Waals surface area contributed by atoms with Gasteiger partial charge in [-0.15, -0.1) is 0 Å². The van der Waals surface area contributed by atoms with Crippen molar-refractivity contribution in [3.63, 3.8) is 0 Å². The Kier molecular flexibility index (Phi) is 2.82. The highest BCUT2D eigenvalue weighted by atomic mass is 15.3. The average Bonchev–Trinajstić information content (AvgIpc) is 2.57. The maximum absolute atomic E-state index is 9.30. The molecule has 0 aliphatic carbocycles. The van der Waals surface area contributed by atoms with Gasteiger partial charge in [-0.1, -0.05) is 0 Å². The minimum Gasteiger partial charge on any atom is -0.350 e. The van der Waals surface area contributed by atoms with Crippen molar-refractivity contribution in [1.29, 1.82) is 5.26 Å². The largest absolute Gasteiger partial charge is 0.350 e. The van der Waals surface area contributed by atoms with E-state index in [0.29, 0.717) is 0 Å². The Morgan fingerprint density at radius 2 is 2.12 bits per heavy atom. The third-order valence-electron chi connectivity index (χ3n) is 3.59. The average molecular weight is 229 g/mol. The Hall–Kier alpha value is -1.56. The minimum absolute atomic E-state index is 0.110. The quantitative estimate of drug-likeness (QED) is 0.743. The smallest absolute Gasteiger partial charge is 0.147 e. The molecular formula is C14H19N3. The number of anilines is 1. The van der Waals surface area contributed by atoms with Gasteiger partial charge in [0.25, 0.3) is 0 Å². The van der Waals surface area contributed by atoms with Crippen LogP contribution >= 0.6 is 0 Å². The van der Waals surface area contributed by atoms with Crippen LogP contribution in [-0.2, 0) is 0 Å². The van der Waals surface area contributed by atoms with Crippen LogP contribution in [0, 0.1) is 25.2 Å². The van der Waals surface area contributed by atoms with Crippen molar-refractivity contribution >= 4 is 5.82 Å². The molecule has 1 aliphatic heterocycles. The first-order valence-electron chi connectivity index (χ1n) is 6.12. The zero-order valence-electron chi connectivity index (χ0n) is 11.0. The summed E-state index contributed by atoms with van der Waals surface area (Å²) < 4.78 is 0. The van der Waals surface area contributed by atoms with Crippen LogP contribution < -0.4 is 4.90 Å². The molecule has 0 spiro atoms. The van der Waals surface area contributed by atoms with Crippen LogP contribution in [0.2, 0.25) is 0 Å². The van der Waals surface area contributed by atoms with Crippen LogP contribution in [0.25, 0.3) is 0 Å². The molecule has 0 radical (unpaired) electrons. The van der Waals surface area contributed by atoms with Crippen molar-refractivity contribution in [2.24, 2.45) is 0 Å². The van der Waals surface area contributed by atoms with Gasteiger partial charge in [0.15, 0.2) is 0 Å². The lowest BCUT2D eigenvalue weighted by Gasteiger charge is -2.33. The van der Waals surface area contributed by atoms with Gasteiger partial charge in [0.1, 0.15) is 11.9 Å². The van der Waals surface area contributed by atoms with E-state index >= 15 is 0 Å². The molecule has 0 bridgehead atoms. The molecule has 1 saturated heterocycles. The second kappa shape index (κ2) is 4.03. The van der Waals surface area contributed by atoms with E-state index in [9.17, 15) is 5.26 Å². The molecule has 1 aliphatic rings. The molecule has 0 amide bonds. The zero-order valence-corrected chi connectivity index (χ0v) is 11.0. The van der Waals surface area contributed by atoms with E-state index in [1.54, 1.807) is 0 Å². The number of aryl methyl sites for hydroxylation is 2. The van der Waals surface area contributed by atoms with Crippen LogP contribution in [0.15, 0.2) is 6.07 Å². The highest BCUT2D eigenvalue weighted by Crippen LogP contribution is 2.35. The maximum atomic E-state index is 9.30. The summed E-state index contributed by atoms with van der Waals surface area (Å²) >= 11 is 0. The van der Waals surface area contributed by atoms with Crippen molar-refractivity contribution < 1.29 is 0 Å². The summed E-state index contributed by atoms with van der Waals surface area (Å²) in [5.41, 5.74) is 2.85. The summed E-state index contributed by atoms with van der Waals surface area (Å²) in [5, 5.41) is 9.30. The van der Waals surface area contributed by atoms with E-state index in [1.807, 2.05) is 19.9 Å². The van der Waals surface area contributed by atoms with Crippen LogP contribution in [0.5, 0.6) is 0 Å². The van der Waals surface area contributed by atoms with E-state index in [2.05, 4.69) is 29.8 Å². The third-order valence-corrected chi connectivity index (χ3v) is 3.59. The fraction of sp³-hybridized carbons (Fsp3) is 0.571. The first-order chi connectivity index (χ1) is 7.95. The number of hydrogen-bond acceptors (Lipinski definition) is 3. The lowest BCUT2D eigenvalue weighted by Crippen LogP contribution is -2.39. The number of nitriles is 1. The molecule has 1 fully saturated rings. The maximum Gasteiger partial charge on any atom is 0.147 e. The second-order valence-electron chi connectivity index (χ2n) is 5.46. The van der Waals surface area contributed by atoms with Gasteiger partial charge >= 0.3 is 0 Å². The first kappa shape index (κ1) is 11.9. The molecule has 3 nitrogen and oxygen atoms in total. The molecule has 1 aromatic heterocycles. The predicted molar refractivity (Wildman–Crippen MR) is 69.1 cm³/mol. The summed E-state index contributed by atoms with van der Waals surface area (Å²) in [7, 11) is 0. The van der Waals surface area contributed by atoms with Gasteiger partial charge in [-0.25, -0.2) is 4.98 Å². The number of pyridine rings is 1. The molecule has 0 N–H and O–H groups in total. The van der Waals surface area contributed by atoms with E-state index < -0.39 is 0 Å². The van der Waals surface area contributed by atoms with Crippen LogP contribution in [-0.4, -0.2) is 17.1 Å². The highest BCUT2D eigenvalue weighted by Gasteiger charge is 2.34. The second-order valence-corrected chi connectivity index (χ2v) is 5.46. The van der Waals surface area contributed by atoms with Gasteiger partial charge in [-0.3, -0.25) is 0 Å². The molecule has 0 atom stereocenters. The fourth-order valence-corrected chi connectivity index (χ4v) is 2.65. The summed E-state index contributed by atoms with van der Waals surface area (Å²) in [6.45, 7) is 9.42. The van der Waals surface area contributed by atoms with E-state index in [-0.39, 0.29) is 5.54 Å². The Bertz CT molecular complexity index is 483. The minimum atomic E-state index is 0.110. The van der Waals surface area contributed by atoms with Gasteiger partial charge in [-0.2, -0.15) is 5.26 Å². The zero-order chi connectivity index (χ0) is 12.6. The van der Waals surface area contributed by atoms with E-state index in [1.165, 1.54) is 6.42 Å². The van der Waals surface area contributed by atoms with E-state index in [4.69, 9.17) is 0 Å². The van der Waals surface area contributed by atoms with E-state index in [0.717, 1.165) is 35.6 Å². The first-order valence-corrected chi connectivity index (χ1v) is 6.12. The molecule has 90 valence electrons. The van der Waals surface area contributed by atoms with Gasteiger partial charge in [-0.05, 0) is 52.2 Å². The third kappa shape index (κ3) is 2.00. The number of aromatic nitrogens is 1. The summed E-state index contributed by atoms with van der Waals surface area (Å²) in [5.74, 6) is 0.868. The van der Waals surface area contributed by atoms with Crippen molar-refractivity contribution in [2.45, 2.75) is 46.1 Å². The predicted octanol–water partition coefficient (Wildman–Crippen LogP) is 2.95. The van der Waals surface area contributed by atoms with Gasteiger partial charge in [0, 0.05) is 17.8 Å². The van der Waals surface area contributed by atoms with Crippen molar-refractivity contribution in [3.8, 4) is 6.07 Å². The van der Waals surface area contributed by atoms with Crippen molar-refractivity contribution in [3.05, 3.63) is 22.9 Å². The van der Waals surface area contributed by atoms with Crippen molar-refractivity contribution in [2.75, 3.05) is 11.4 Å². The SMILES string of the molecule is Cc1cc(C)c(C#N)c(N2CCCC2(C)C)n1. The molecule has 1 aromatic rings. The summed E-state index contributed by atoms with van der Waals surface area (Å²) in [6.07, 6.45) is 2.33. The highest BCUT2D eigenvalue weighted by molar-refractivity contribution is 5.60. The molecule has 17 heavy (non-hydrogen) atoms. The van der Waals surface area contributed by atoms with Gasteiger partial charge < -0.3 is 4.90 Å². The molecule has 0 aromatic carbocycles. The Morgan fingerprint density at radius 3 is 2.65 bits per heavy atom.